The molecule has 1 amide bonds. The molecule has 128 valence electrons. The van der Waals surface area contributed by atoms with E-state index in [0.29, 0.717) is 13.0 Å². The summed E-state index contributed by atoms with van der Waals surface area (Å²) in [5.74, 6) is -2.78. The van der Waals surface area contributed by atoms with E-state index in [1.807, 2.05) is 20.8 Å². The van der Waals surface area contributed by atoms with Crippen LogP contribution in [0.3, 0.4) is 0 Å². The Morgan fingerprint density at radius 2 is 2.14 bits per heavy atom. The van der Waals surface area contributed by atoms with Crippen molar-refractivity contribution < 1.29 is 23.4 Å². The fourth-order valence-corrected chi connectivity index (χ4v) is 2.93. The minimum atomic E-state index is -2.65. The Balaban J connectivity index is 1.80. The van der Waals surface area contributed by atoms with Crippen molar-refractivity contribution in [3.05, 3.63) is 0 Å². The molecule has 0 aromatic heterocycles. The molecule has 0 aromatic carbocycles. The van der Waals surface area contributed by atoms with Crippen LogP contribution >= 0.6 is 0 Å². The predicted octanol–water partition coefficient (Wildman–Crippen LogP) is 1.01. The predicted molar refractivity (Wildman–Crippen MR) is 77.8 cm³/mol. The zero-order chi connectivity index (χ0) is 16.5. The van der Waals surface area contributed by atoms with E-state index in [9.17, 15) is 18.7 Å². The van der Waals surface area contributed by atoms with Gasteiger partial charge in [-0.1, -0.05) is 20.8 Å². The summed E-state index contributed by atoms with van der Waals surface area (Å²) in [6.07, 6.45) is -1.19. The molecule has 3 atom stereocenters. The van der Waals surface area contributed by atoms with E-state index < -0.39 is 24.2 Å². The summed E-state index contributed by atoms with van der Waals surface area (Å²) in [6.45, 7) is 6.38. The van der Waals surface area contributed by atoms with E-state index >= 15 is 0 Å². The van der Waals surface area contributed by atoms with Crippen LogP contribution in [0, 0.1) is 5.41 Å². The highest BCUT2D eigenvalue weighted by molar-refractivity contribution is 5.77. The van der Waals surface area contributed by atoms with Gasteiger partial charge in [-0.15, -0.1) is 0 Å². The molecule has 0 aliphatic carbocycles. The van der Waals surface area contributed by atoms with Gasteiger partial charge in [-0.25, -0.2) is 8.78 Å². The van der Waals surface area contributed by atoms with Crippen molar-refractivity contribution in [2.45, 2.75) is 57.8 Å². The monoisotopic (exact) mass is 320 g/mol. The molecule has 2 fully saturated rings. The van der Waals surface area contributed by atoms with Crippen molar-refractivity contribution in [2.75, 3.05) is 26.2 Å². The number of alkyl halides is 2. The van der Waals surface area contributed by atoms with Crippen LogP contribution in [0.2, 0.25) is 0 Å². The van der Waals surface area contributed by atoms with E-state index in [2.05, 4.69) is 5.32 Å². The fourth-order valence-electron chi connectivity index (χ4n) is 2.93. The number of nitrogens with zero attached hydrogens (tertiary/aromatic N) is 1. The molecule has 0 radical (unpaired) electrons. The maximum absolute atomic E-state index is 13.2. The van der Waals surface area contributed by atoms with Gasteiger partial charge in [0.2, 0.25) is 5.91 Å². The molecule has 0 saturated carbocycles. The first-order valence-corrected chi connectivity index (χ1v) is 7.75. The lowest BCUT2D eigenvalue weighted by Crippen LogP contribution is -2.47. The van der Waals surface area contributed by atoms with Gasteiger partial charge in [0.1, 0.15) is 6.10 Å². The van der Waals surface area contributed by atoms with Crippen molar-refractivity contribution in [1.29, 1.82) is 0 Å². The maximum atomic E-state index is 13.2. The van der Waals surface area contributed by atoms with Crippen LogP contribution in [-0.2, 0) is 9.53 Å². The number of hydrogen-bond acceptors (Lipinski definition) is 4. The van der Waals surface area contributed by atoms with Gasteiger partial charge in [-0.3, -0.25) is 9.69 Å². The van der Waals surface area contributed by atoms with Crippen LogP contribution in [0.4, 0.5) is 8.78 Å². The minimum Gasteiger partial charge on any atom is -0.388 e. The van der Waals surface area contributed by atoms with E-state index in [0.717, 1.165) is 0 Å². The molecule has 5 nitrogen and oxygen atoms in total. The standard InChI is InChI=1S/C15H26F2N2O3/c1-14(2,3)6-12(20)18-10-8-22-11(13(10)21)7-19-5-4-15(16,17)9-19/h10-11,13,21H,4-9H2,1-3H3,(H,18,20)/t10-,11-,13+/m0/s1. The number of ether oxygens (including phenoxy) is 1. The number of carbonyl (C=O) groups is 1. The maximum Gasteiger partial charge on any atom is 0.261 e. The summed E-state index contributed by atoms with van der Waals surface area (Å²) < 4.78 is 31.8. The lowest BCUT2D eigenvalue weighted by Gasteiger charge is -2.24. The van der Waals surface area contributed by atoms with Gasteiger partial charge in [-0.2, -0.15) is 0 Å². The third-order valence-corrected chi connectivity index (χ3v) is 4.01. The Morgan fingerprint density at radius 3 is 2.68 bits per heavy atom. The Bertz CT molecular complexity index is 412. The summed E-state index contributed by atoms with van der Waals surface area (Å²) in [4.78, 5) is 13.5. The van der Waals surface area contributed by atoms with Gasteiger partial charge >= 0.3 is 0 Å². The number of aliphatic hydroxyl groups excluding tert-OH is 1. The Kier molecular flexibility index (Phi) is 5.09. The number of halogens is 2. The molecule has 2 N–H and O–H groups in total. The second-order valence-electron chi connectivity index (χ2n) is 7.61. The Morgan fingerprint density at radius 1 is 1.45 bits per heavy atom. The third-order valence-electron chi connectivity index (χ3n) is 4.01. The van der Waals surface area contributed by atoms with Crippen LogP contribution in [0.15, 0.2) is 0 Å². The smallest absolute Gasteiger partial charge is 0.261 e. The molecular weight excluding hydrogens is 294 g/mol. The van der Waals surface area contributed by atoms with Gasteiger partial charge in [0.15, 0.2) is 0 Å². The fraction of sp³-hybridized carbons (Fsp3) is 0.933. The largest absolute Gasteiger partial charge is 0.388 e. The molecule has 22 heavy (non-hydrogen) atoms. The van der Waals surface area contributed by atoms with Crippen LogP contribution < -0.4 is 5.32 Å². The quantitative estimate of drug-likeness (QED) is 0.811. The number of rotatable bonds is 4. The molecule has 0 unspecified atom stereocenters. The van der Waals surface area contributed by atoms with E-state index in [4.69, 9.17) is 4.74 Å². The summed E-state index contributed by atoms with van der Waals surface area (Å²) in [7, 11) is 0. The molecule has 0 aromatic rings. The van der Waals surface area contributed by atoms with Crippen molar-refractivity contribution in [3.8, 4) is 0 Å². The second-order valence-corrected chi connectivity index (χ2v) is 7.61. The molecule has 7 heteroatoms. The highest BCUT2D eigenvalue weighted by Crippen LogP contribution is 2.28. The van der Waals surface area contributed by atoms with Crippen LogP contribution in [0.1, 0.15) is 33.6 Å². The first-order valence-electron chi connectivity index (χ1n) is 7.75. The zero-order valence-electron chi connectivity index (χ0n) is 13.4. The average Bonchev–Trinajstić information content (AvgIpc) is 2.83. The lowest BCUT2D eigenvalue weighted by atomic mass is 9.91. The van der Waals surface area contributed by atoms with Crippen LogP contribution in [-0.4, -0.2) is 66.3 Å². The number of hydrogen-bond donors (Lipinski definition) is 2. The van der Waals surface area contributed by atoms with E-state index in [1.165, 1.54) is 0 Å². The molecule has 0 spiro atoms. The average molecular weight is 320 g/mol. The van der Waals surface area contributed by atoms with E-state index in [1.54, 1.807) is 4.90 Å². The van der Waals surface area contributed by atoms with Gasteiger partial charge < -0.3 is 15.2 Å². The van der Waals surface area contributed by atoms with Crippen molar-refractivity contribution in [3.63, 3.8) is 0 Å². The second kappa shape index (κ2) is 6.37. The summed E-state index contributed by atoms with van der Waals surface area (Å²) in [5.41, 5.74) is -0.130. The highest BCUT2D eigenvalue weighted by Gasteiger charge is 2.43. The summed E-state index contributed by atoms with van der Waals surface area (Å²) in [6, 6.07) is -0.469. The van der Waals surface area contributed by atoms with Gasteiger partial charge in [0, 0.05) is 25.9 Å². The highest BCUT2D eigenvalue weighted by atomic mass is 19.3. The first-order chi connectivity index (χ1) is 10.1. The molecule has 0 bridgehead atoms. The normalized spacial score (nSPS) is 32.4. The zero-order valence-corrected chi connectivity index (χ0v) is 13.4. The molecule has 2 aliphatic heterocycles. The topological polar surface area (TPSA) is 61.8 Å². The number of amides is 1. The molecule has 2 rings (SSSR count). The van der Waals surface area contributed by atoms with Crippen LogP contribution in [0.5, 0.6) is 0 Å². The number of likely N-dealkylation sites (tertiary alicyclic amines) is 1. The third kappa shape index (κ3) is 4.86. The van der Waals surface area contributed by atoms with Gasteiger partial charge in [0.25, 0.3) is 5.92 Å². The van der Waals surface area contributed by atoms with Gasteiger partial charge in [0.05, 0.1) is 25.3 Å². The molecular formula is C15H26F2N2O3. The summed E-state index contributed by atoms with van der Waals surface area (Å²) in [5, 5.41) is 13.0. The van der Waals surface area contributed by atoms with Crippen LogP contribution in [0.25, 0.3) is 0 Å². The SMILES string of the molecule is CC(C)(C)CC(=O)N[C@H]1CO[C@@H](CN2CCC(F)(F)C2)[C@@H]1O. The Hall–Kier alpha value is -0.790. The number of aliphatic hydroxyl groups is 1. The molecule has 2 heterocycles. The van der Waals surface area contributed by atoms with Crippen molar-refractivity contribution >= 4 is 5.91 Å². The lowest BCUT2D eigenvalue weighted by molar-refractivity contribution is -0.124. The molecule has 2 aliphatic rings. The summed E-state index contributed by atoms with van der Waals surface area (Å²) >= 11 is 0. The van der Waals surface area contributed by atoms with Crippen molar-refractivity contribution in [2.24, 2.45) is 5.41 Å². The number of carbonyl (C=O) groups excluding carboxylic acids is 1. The van der Waals surface area contributed by atoms with E-state index in [-0.39, 0.29) is 37.4 Å². The minimum absolute atomic E-state index is 0.130. The number of nitrogens with one attached hydrogen (secondary N) is 1. The Labute approximate surface area is 130 Å². The van der Waals surface area contributed by atoms with Crippen molar-refractivity contribution in [1.82, 2.24) is 10.2 Å². The first kappa shape index (κ1) is 17.6. The molecule has 2 saturated heterocycles. The van der Waals surface area contributed by atoms with Gasteiger partial charge in [-0.05, 0) is 5.41 Å².